The van der Waals surface area contributed by atoms with Gasteiger partial charge in [0.2, 0.25) is 5.95 Å². The van der Waals surface area contributed by atoms with Crippen molar-refractivity contribution in [2.45, 2.75) is 11.8 Å². The Morgan fingerprint density at radius 1 is 1.05 bits per heavy atom. The van der Waals surface area contributed by atoms with Crippen molar-refractivity contribution in [1.82, 2.24) is 19.9 Å². The first-order valence-electron chi connectivity index (χ1n) is 6.80. The zero-order valence-electron chi connectivity index (χ0n) is 12.5. The van der Waals surface area contributed by atoms with Crippen LogP contribution < -0.4 is 16.2 Å². The minimum Gasteiger partial charge on any atom is -0.368 e. The van der Waals surface area contributed by atoms with Crippen LogP contribution in [0.25, 0.3) is 0 Å². The number of anilines is 2. The van der Waals surface area contributed by atoms with Gasteiger partial charge in [-0.3, -0.25) is 4.98 Å². The molecule has 2 rings (SSSR count). The zero-order chi connectivity index (χ0) is 15.1. The maximum Gasteiger partial charge on any atom is 0.222 e. The highest BCUT2D eigenvalue weighted by molar-refractivity contribution is 7.98. The fourth-order valence-electron chi connectivity index (χ4n) is 1.61. The van der Waals surface area contributed by atoms with Crippen LogP contribution in [0.15, 0.2) is 29.7 Å². The minimum atomic E-state index is 0.414. The smallest absolute Gasteiger partial charge is 0.222 e. The van der Waals surface area contributed by atoms with Gasteiger partial charge in [0.05, 0.1) is 6.20 Å². The Balaban J connectivity index is 1.73. The van der Waals surface area contributed by atoms with E-state index in [4.69, 9.17) is 0 Å². The molecule has 0 saturated carbocycles. The molecular weight excluding hydrogens is 283 g/mol. The van der Waals surface area contributed by atoms with Crippen LogP contribution in [0.1, 0.15) is 6.92 Å². The van der Waals surface area contributed by atoms with Crippen LogP contribution in [0.2, 0.25) is 0 Å². The van der Waals surface area contributed by atoms with Crippen molar-refractivity contribution >= 4 is 37.0 Å². The Bertz CT molecular complexity index is 548. The van der Waals surface area contributed by atoms with Gasteiger partial charge in [0.25, 0.3) is 0 Å². The van der Waals surface area contributed by atoms with Gasteiger partial charge in [-0.15, -0.1) is 11.8 Å². The van der Waals surface area contributed by atoms with Crippen LogP contribution in [-0.2, 0) is 0 Å². The van der Waals surface area contributed by atoms with Gasteiger partial charge in [0.1, 0.15) is 5.82 Å². The molecule has 0 fully saturated rings. The maximum atomic E-state index is 4.27. The van der Waals surface area contributed by atoms with Crippen LogP contribution in [0, 0.1) is 5.92 Å². The van der Waals surface area contributed by atoms with E-state index in [0.29, 0.717) is 11.9 Å². The molecule has 0 aliphatic carbocycles. The van der Waals surface area contributed by atoms with Crippen molar-refractivity contribution in [2.75, 3.05) is 30.0 Å². The second-order valence-electron chi connectivity index (χ2n) is 4.86. The highest BCUT2D eigenvalue weighted by Crippen LogP contribution is 2.12. The summed E-state index contributed by atoms with van der Waals surface area (Å²) in [7, 11) is 1.92. The van der Waals surface area contributed by atoms with Gasteiger partial charge in [-0.05, 0) is 12.2 Å². The predicted molar refractivity (Wildman–Crippen MR) is 90.2 cm³/mol. The quantitative estimate of drug-likeness (QED) is 0.566. The summed E-state index contributed by atoms with van der Waals surface area (Å²) >= 11 is 1.63. The average molecular weight is 302 g/mol. The molecule has 110 valence electrons. The number of aromatic nitrogens is 4. The second kappa shape index (κ2) is 7.83. The monoisotopic (exact) mass is 302 g/mol. The van der Waals surface area contributed by atoms with Crippen molar-refractivity contribution in [2.24, 2.45) is 5.92 Å². The molecule has 0 aromatic carbocycles. The van der Waals surface area contributed by atoms with Gasteiger partial charge < -0.3 is 10.6 Å². The first-order valence-corrected chi connectivity index (χ1v) is 8.02. The molecule has 0 spiro atoms. The molecule has 0 amide bonds. The molecule has 6 nitrogen and oxygen atoms in total. The molecule has 1 atom stereocenters. The summed E-state index contributed by atoms with van der Waals surface area (Å²) in [5.41, 5.74) is 0.918. The lowest BCUT2D eigenvalue weighted by Gasteiger charge is -2.14. The summed E-state index contributed by atoms with van der Waals surface area (Å²) in [6.07, 6.45) is 9.16. The van der Waals surface area contributed by atoms with E-state index < -0.39 is 0 Å². The third kappa shape index (κ3) is 5.22. The number of nitrogens with zero attached hydrogens (tertiary/aromatic N) is 4. The number of rotatable bonds is 7. The van der Waals surface area contributed by atoms with E-state index in [1.165, 1.54) is 0 Å². The van der Waals surface area contributed by atoms with E-state index in [2.05, 4.69) is 37.5 Å². The van der Waals surface area contributed by atoms with E-state index in [9.17, 15) is 0 Å². The lowest BCUT2D eigenvalue weighted by molar-refractivity contribution is 0.644. The lowest BCUT2D eigenvalue weighted by atomic mass is 10.1. The molecule has 0 radical (unpaired) electrons. The van der Waals surface area contributed by atoms with E-state index in [0.717, 1.165) is 29.4 Å². The van der Waals surface area contributed by atoms with Crippen molar-refractivity contribution in [3.8, 4) is 0 Å². The molecule has 0 bridgehead atoms. The Hall–Kier alpha value is -1.83. The van der Waals surface area contributed by atoms with Gasteiger partial charge in [0.15, 0.2) is 7.85 Å². The molecule has 1 unspecified atom stereocenters. The third-order valence-electron chi connectivity index (χ3n) is 2.89. The molecule has 0 aliphatic rings. The van der Waals surface area contributed by atoms with E-state index >= 15 is 0 Å². The first kappa shape index (κ1) is 15.6. The molecule has 2 N–H and O–H groups in total. The van der Waals surface area contributed by atoms with Crippen molar-refractivity contribution in [3.63, 3.8) is 0 Å². The maximum absolute atomic E-state index is 4.27. The molecule has 21 heavy (non-hydrogen) atoms. The minimum absolute atomic E-state index is 0.414. The van der Waals surface area contributed by atoms with Gasteiger partial charge in [-0.2, -0.15) is 0 Å². The Kier molecular flexibility index (Phi) is 5.80. The summed E-state index contributed by atoms with van der Waals surface area (Å²) in [6, 6.07) is 0. The van der Waals surface area contributed by atoms with Crippen LogP contribution in [-0.4, -0.2) is 47.1 Å². The third-order valence-corrected chi connectivity index (χ3v) is 3.57. The van der Waals surface area contributed by atoms with Gasteiger partial charge >= 0.3 is 0 Å². The summed E-state index contributed by atoms with van der Waals surface area (Å²) in [5.74, 6) is 1.87. The summed E-state index contributed by atoms with van der Waals surface area (Å²) in [4.78, 5) is 18.1. The molecular formula is C13H19BN6S. The molecule has 0 saturated heterocycles. The number of hydrogen-bond acceptors (Lipinski definition) is 7. The van der Waals surface area contributed by atoms with E-state index in [1.54, 1.807) is 24.2 Å². The molecule has 0 aliphatic heterocycles. The fraction of sp³-hybridized carbons (Fsp3) is 0.385. The lowest BCUT2D eigenvalue weighted by Crippen LogP contribution is -2.21. The van der Waals surface area contributed by atoms with Crippen LogP contribution >= 0.6 is 11.8 Å². The van der Waals surface area contributed by atoms with E-state index in [1.807, 2.05) is 26.5 Å². The first-order chi connectivity index (χ1) is 10.2. The summed E-state index contributed by atoms with van der Waals surface area (Å²) < 4.78 is 0. The standard InChI is InChI=1S/C13H19BN6S/c1-9(3-16-12-8-15-11(14)7-17-12)4-18-13-19-5-10(21-2)6-20-13/h5-9H,3-4,14H2,1-2H3,(H,16,17)(H,18,19,20). The Labute approximate surface area is 130 Å². The zero-order valence-corrected chi connectivity index (χ0v) is 13.3. The summed E-state index contributed by atoms with van der Waals surface area (Å²) in [6.45, 7) is 3.76. The normalized spacial score (nSPS) is 11.9. The van der Waals surface area contributed by atoms with Crippen molar-refractivity contribution < 1.29 is 0 Å². The predicted octanol–water partition coefficient (Wildman–Crippen LogP) is 0.407. The fourth-order valence-corrected chi connectivity index (χ4v) is 1.93. The average Bonchev–Trinajstić information content (AvgIpc) is 2.53. The largest absolute Gasteiger partial charge is 0.368 e. The number of hydrogen-bond donors (Lipinski definition) is 2. The molecule has 8 heteroatoms. The number of thioether (sulfide) groups is 1. The van der Waals surface area contributed by atoms with Crippen molar-refractivity contribution in [3.05, 3.63) is 24.8 Å². The van der Waals surface area contributed by atoms with Gasteiger partial charge in [-0.1, -0.05) is 6.92 Å². The molecule has 2 aromatic rings. The Morgan fingerprint density at radius 3 is 2.38 bits per heavy atom. The van der Waals surface area contributed by atoms with Crippen LogP contribution in [0.3, 0.4) is 0 Å². The molecule has 2 aromatic heterocycles. The number of nitrogens with one attached hydrogen (secondary N) is 2. The molecule has 2 heterocycles. The Morgan fingerprint density at radius 2 is 1.76 bits per heavy atom. The van der Waals surface area contributed by atoms with Crippen LogP contribution in [0.5, 0.6) is 0 Å². The van der Waals surface area contributed by atoms with E-state index in [-0.39, 0.29) is 0 Å². The SMILES string of the molecule is Bc1cnc(NCC(C)CNc2ncc(SC)cn2)cn1. The van der Waals surface area contributed by atoms with Gasteiger partial charge in [0, 0.05) is 42.2 Å². The van der Waals surface area contributed by atoms with Gasteiger partial charge in [-0.25, -0.2) is 15.0 Å². The van der Waals surface area contributed by atoms with Crippen LogP contribution in [0.4, 0.5) is 11.8 Å². The topological polar surface area (TPSA) is 75.6 Å². The highest BCUT2D eigenvalue weighted by atomic mass is 32.2. The highest BCUT2D eigenvalue weighted by Gasteiger charge is 2.04. The second-order valence-corrected chi connectivity index (χ2v) is 5.74. The summed E-state index contributed by atoms with van der Waals surface area (Å²) in [5, 5.41) is 6.50. The van der Waals surface area contributed by atoms with Crippen molar-refractivity contribution in [1.29, 1.82) is 0 Å².